The summed E-state index contributed by atoms with van der Waals surface area (Å²) in [5.74, 6) is 0.385. The molecule has 0 bridgehead atoms. The van der Waals surface area contributed by atoms with Crippen molar-refractivity contribution in [1.29, 1.82) is 0 Å². The first kappa shape index (κ1) is 15.4. The monoisotopic (exact) mass is 276 g/mol. The van der Waals surface area contributed by atoms with Gasteiger partial charge in [0, 0.05) is 0 Å². The summed E-state index contributed by atoms with van der Waals surface area (Å²) in [6.45, 7) is 9.49. The summed E-state index contributed by atoms with van der Waals surface area (Å²) < 4.78 is 24.9. The van der Waals surface area contributed by atoms with E-state index in [1.54, 1.807) is 31.2 Å². The predicted molar refractivity (Wildman–Crippen MR) is 80.8 cm³/mol. The summed E-state index contributed by atoms with van der Waals surface area (Å²) in [5, 5.41) is 0. The second-order valence-electron chi connectivity index (χ2n) is 4.53. The van der Waals surface area contributed by atoms with E-state index in [-0.39, 0.29) is 4.91 Å². The van der Waals surface area contributed by atoms with Crippen molar-refractivity contribution in [3.8, 4) is 0 Å². The number of allylic oxidation sites excluding steroid dienone is 4. The van der Waals surface area contributed by atoms with Crippen LogP contribution in [0.5, 0.6) is 0 Å². The summed E-state index contributed by atoms with van der Waals surface area (Å²) in [4.78, 5) is 0.561. The average Bonchev–Trinajstić information content (AvgIpc) is 2.38. The Balaban J connectivity index is 3.26. The van der Waals surface area contributed by atoms with E-state index in [2.05, 4.69) is 20.4 Å². The van der Waals surface area contributed by atoms with Crippen molar-refractivity contribution in [3.05, 3.63) is 65.6 Å². The zero-order valence-corrected chi connectivity index (χ0v) is 12.4. The molecule has 0 unspecified atom stereocenters. The third-order valence-electron chi connectivity index (χ3n) is 2.78. The zero-order valence-electron chi connectivity index (χ0n) is 11.6. The fourth-order valence-electron chi connectivity index (χ4n) is 1.68. The summed E-state index contributed by atoms with van der Waals surface area (Å²) in [7, 11) is -3.46. The van der Waals surface area contributed by atoms with Crippen LogP contribution in [-0.2, 0) is 9.84 Å². The van der Waals surface area contributed by atoms with Gasteiger partial charge in [-0.1, -0.05) is 44.7 Å². The van der Waals surface area contributed by atoms with Crippen LogP contribution in [-0.4, -0.2) is 8.42 Å². The third-order valence-corrected chi connectivity index (χ3v) is 4.57. The fourth-order valence-corrected chi connectivity index (χ4v) is 3.04. The topological polar surface area (TPSA) is 34.1 Å². The molecular formula is C16H20O2S. The van der Waals surface area contributed by atoms with Gasteiger partial charge in [0.1, 0.15) is 0 Å². The second kappa shape index (κ2) is 6.53. The van der Waals surface area contributed by atoms with Gasteiger partial charge in [0.15, 0.2) is 0 Å². The van der Waals surface area contributed by atoms with Gasteiger partial charge in [-0.3, -0.25) is 0 Å². The Hall–Kier alpha value is -1.61. The highest BCUT2D eigenvalue weighted by Gasteiger charge is 2.18. The first-order chi connectivity index (χ1) is 8.93. The predicted octanol–water partition coefficient (Wildman–Crippen LogP) is 4.23. The molecule has 19 heavy (non-hydrogen) atoms. The minimum atomic E-state index is -3.46. The van der Waals surface area contributed by atoms with E-state index in [0.29, 0.717) is 10.8 Å². The van der Waals surface area contributed by atoms with Crippen molar-refractivity contribution in [1.82, 2.24) is 0 Å². The molecule has 1 aromatic carbocycles. The molecule has 2 nitrogen and oxygen atoms in total. The molecule has 102 valence electrons. The van der Waals surface area contributed by atoms with E-state index in [9.17, 15) is 8.42 Å². The van der Waals surface area contributed by atoms with E-state index in [1.807, 2.05) is 12.1 Å². The maximum absolute atomic E-state index is 12.4. The Morgan fingerprint density at radius 3 is 2.21 bits per heavy atom. The van der Waals surface area contributed by atoms with E-state index in [4.69, 9.17) is 0 Å². The van der Waals surface area contributed by atoms with Gasteiger partial charge in [0.2, 0.25) is 9.84 Å². The van der Waals surface area contributed by atoms with Gasteiger partial charge in [-0.25, -0.2) is 8.42 Å². The maximum atomic E-state index is 12.4. The second-order valence-corrected chi connectivity index (χ2v) is 6.48. The maximum Gasteiger partial charge on any atom is 0.206 e. The molecule has 0 atom stereocenters. The molecule has 0 fully saturated rings. The highest BCUT2D eigenvalue weighted by molar-refractivity contribution is 7.95. The molecule has 0 N–H and O–H groups in total. The molecule has 1 rings (SSSR count). The molecule has 0 heterocycles. The van der Waals surface area contributed by atoms with Gasteiger partial charge in [-0.15, -0.1) is 0 Å². The molecule has 0 radical (unpaired) electrons. The van der Waals surface area contributed by atoms with Crippen molar-refractivity contribution < 1.29 is 8.42 Å². The average molecular weight is 276 g/mol. The van der Waals surface area contributed by atoms with Crippen LogP contribution in [0, 0.1) is 0 Å². The summed E-state index contributed by atoms with van der Waals surface area (Å²) in [6.07, 6.45) is 6.27. The van der Waals surface area contributed by atoms with Gasteiger partial charge in [-0.05, 0) is 42.7 Å². The SMILES string of the molecule is C=C/C=C(\C=C/C)S(=O)(=O)c1ccc(C(C)C)cc1. The Morgan fingerprint density at radius 1 is 1.21 bits per heavy atom. The van der Waals surface area contributed by atoms with Gasteiger partial charge < -0.3 is 0 Å². The minimum Gasteiger partial charge on any atom is -0.219 e. The Bertz CT molecular complexity index is 588. The largest absolute Gasteiger partial charge is 0.219 e. The Labute approximate surface area is 116 Å². The smallest absolute Gasteiger partial charge is 0.206 e. The third kappa shape index (κ3) is 3.67. The molecule has 0 aliphatic heterocycles. The number of hydrogen-bond acceptors (Lipinski definition) is 2. The van der Waals surface area contributed by atoms with Gasteiger partial charge in [-0.2, -0.15) is 0 Å². The van der Waals surface area contributed by atoms with Crippen molar-refractivity contribution in [2.45, 2.75) is 31.6 Å². The zero-order chi connectivity index (χ0) is 14.5. The summed E-state index contributed by atoms with van der Waals surface area (Å²) >= 11 is 0. The summed E-state index contributed by atoms with van der Waals surface area (Å²) in [5.41, 5.74) is 1.12. The van der Waals surface area contributed by atoms with Crippen LogP contribution in [0.1, 0.15) is 32.3 Å². The number of rotatable bonds is 5. The van der Waals surface area contributed by atoms with Crippen molar-refractivity contribution in [3.63, 3.8) is 0 Å². The molecule has 0 saturated carbocycles. The van der Waals surface area contributed by atoms with Crippen LogP contribution in [0.2, 0.25) is 0 Å². The van der Waals surface area contributed by atoms with Crippen LogP contribution < -0.4 is 0 Å². The first-order valence-corrected chi connectivity index (χ1v) is 7.72. The molecule has 3 heteroatoms. The Kier molecular flexibility index (Phi) is 5.31. The number of sulfone groups is 1. The molecule has 0 aliphatic rings. The highest BCUT2D eigenvalue weighted by atomic mass is 32.2. The molecule has 0 aliphatic carbocycles. The molecule has 0 saturated heterocycles. The first-order valence-electron chi connectivity index (χ1n) is 6.24. The minimum absolute atomic E-state index is 0.252. The molecule has 0 spiro atoms. The van der Waals surface area contributed by atoms with Gasteiger partial charge in [0.05, 0.1) is 9.80 Å². The van der Waals surface area contributed by atoms with Gasteiger partial charge in [0.25, 0.3) is 0 Å². The highest BCUT2D eigenvalue weighted by Crippen LogP contribution is 2.23. The lowest BCUT2D eigenvalue weighted by atomic mass is 10.0. The standard InChI is InChI=1S/C16H20O2S/c1-5-7-15(8-6-2)19(17,18)16-11-9-14(10-12-16)13(3)4/h5-13H,1H2,2-4H3/b8-6-,15-7+. The van der Waals surface area contributed by atoms with Crippen LogP contribution in [0.4, 0.5) is 0 Å². The normalized spacial score (nSPS) is 13.2. The van der Waals surface area contributed by atoms with E-state index in [0.717, 1.165) is 5.56 Å². The van der Waals surface area contributed by atoms with Gasteiger partial charge >= 0.3 is 0 Å². The van der Waals surface area contributed by atoms with Crippen LogP contribution in [0.25, 0.3) is 0 Å². The number of hydrogen-bond donors (Lipinski definition) is 0. The molecule has 0 amide bonds. The van der Waals surface area contributed by atoms with Crippen LogP contribution in [0.15, 0.2) is 64.9 Å². The van der Waals surface area contributed by atoms with Crippen molar-refractivity contribution in [2.24, 2.45) is 0 Å². The van der Waals surface area contributed by atoms with Crippen molar-refractivity contribution in [2.75, 3.05) is 0 Å². The number of benzene rings is 1. The summed E-state index contributed by atoms with van der Waals surface area (Å²) in [6, 6.07) is 7.04. The van der Waals surface area contributed by atoms with Crippen LogP contribution >= 0.6 is 0 Å². The molecule has 0 aromatic heterocycles. The lowest BCUT2D eigenvalue weighted by Crippen LogP contribution is -2.03. The van der Waals surface area contributed by atoms with Crippen LogP contribution in [0.3, 0.4) is 0 Å². The lowest BCUT2D eigenvalue weighted by Gasteiger charge is -2.08. The molecule has 1 aromatic rings. The lowest BCUT2D eigenvalue weighted by molar-refractivity contribution is 0.603. The quantitative estimate of drug-likeness (QED) is 0.754. The Morgan fingerprint density at radius 2 is 1.79 bits per heavy atom. The van der Waals surface area contributed by atoms with E-state index in [1.165, 1.54) is 12.2 Å². The fraction of sp³-hybridized carbons (Fsp3) is 0.250. The van der Waals surface area contributed by atoms with Crippen molar-refractivity contribution >= 4 is 9.84 Å². The molecular weight excluding hydrogens is 256 g/mol. The van der Waals surface area contributed by atoms with E-state index < -0.39 is 9.84 Å². The van der Waals surface area contributed by atoms with E-state index >= 15 is 0 Å².